The first-order chi connectivity index (χ1) is 14.8. The zero-order valence-corrected chi connectivity index (χ0v) is 18.7. The Hall–Kier alpha value is -2.43. The number of anilines is 2. The van der Waals surface area contributed by atoms with Crippen molar-refractivity contribution in [3.05, 3.63) is 48.5 Å². The van der Waals surface area contributed by atoms with Crippen molar-refractivity contribution in [3.63, 3.8) is 0 Å². The molecule has 0 unspecified atom stereocenters. The molecule has 2 aromatic rings. The summed E-state index contributed by atoms with van der Waals surface area (Å²) in [6.07, 6.45) is 4.03. The van der Waals surface area contributed by atoms with Gasteiger partial charge in [0.1, 0.15) is 0 Å². The van der Waals surface area contributed by atoms with E-state index in [0.717, 1.165) is 25.7 Å². The second-order valence-electron chi connectivity index (χ2n) is 7.74. The molecule has 0 saturated carbocycles. The van der Waals surface area contributed by atoms with E-state index in [1.807, 2.05) is 0 Å². The maximum absolute atomic E-state index is 12.7. The van der Waals surface area contributed by atoms with Gasteiger partial charge in [-0.25, -0.2) is 16.8 Å². The van der Waals surface area contributed by atoms with Gasteiger partial charge in [-0.2, -0.15) is 4.31 Å². The van der Waals surface area contributed by atoms with Crippen molar-refractivity contribution < 1.29 is 21.6 Å². The molecule has 2 aromatic carbocycles. The van der Waals surface area contributed by atoms with E-state index in [-0.39, 0.29) is 21.4 Å². The maximum Gasteiger partial charge on any atom is 0.261 e. The van der Waals surface area contributed by atoms with E-state index in [1.165, 1.54) is 40.7 Å². The third-order valence-corrected chi connectivity index (χ3v) is 8.90. The Morgan fingerprint density at radius 1 is 0.710 bits per heavy atom. The Bertz CT molecular complexity index is 1150. The van der Waals surface area contributed by atoms with Crippen LogP contribution in [0.15, 0.2) is 58.3 Å². The monoisotopic (exact) mass is 463 g/mol. The van der Waals surface area contributed by atoms with Gasteiger partial charge in [-0.05, 0) is 67.8 Å². The first-order valence-corrected chi connectivity index (χ1v) is 13.2. The van der Waals surface area contributed by atoms with Crippen molar-refractivity contribution in [1.82, 2.24) is 4.31 Å². The molecule has 1 N–H and O–H groups in total. The third kappa shape index (κ3) is 4.60. The largest absolute Gasteiger partial charge is 0.312 e. The Morgan fingerprint density at radius 2 is 1.32 bits per heavy atom. The fraction of sp³-hybridized carbons (Fsp3) is 0.381. The second kappa shape index (κ2) is 8.60. The first kappa shape index (κ1) is 21.8. The van der Waals surface area contributed by atoms with Crippen LogP contribution in [0.25, 0.3) is 0 Å². The average molecular weight is 464 g/mol. The summed E-state index contributed by atoms with van der Waals surface area (Å²) >= 11 is 0. The molecule has 8 nitrogen and oxygen atoms in total. The normalized spacial score (nSPS) is 18.3. The minimum atomic E-state index is -3.85. The van der Waals surface area contributed by atoms with Crippen LogP contribution in [0.3, 0.4) is 0 Å². The second-order valence-corrected chi connectivity index (χ2v) is 11.4. The molecule has 1 amide bonds. The molecular formula is C21H25N3O5S2. The molecule has 0 atom stereocenters. The van der Waals surface area contributed by atoms with Crippen molar-refractivity contribution in [1.29, 1.82) is 0 Å². The number of carbonyl (C=O) groups excluding carboxylic acids is 1. The summed E-state index contributed by atoms with van der Waals surface area (Å²) in [5.41, 5.74) is 0.949. The Balaban J connectivity index is 1.47. The van der Waals surface area contributed by atoms with Gasteiger partial charge in [0.2, 0.25) is 15.9 Å². The van der Waals surface area contributed by atoms with Gasteiger partial charge in [0, 0.05) is 37.4 Å². The van der Waals surface area contributed by atoms with Crippen LogP contribution >= 0.6 is 0 Å². The predicted octanol–water partition coefficient (Wildman–Crippen LogP) is 2.79. The number of sulfonamides is 2. The zero-order chi connectivity index (χ0) is 22.1. The maximum atomic E-state index is 12.7. The molecule has 0 aliphatic carbocycles. The molecule has 0 spiro atoms. The summed E-state index contributed by atoms with van der Waals surface area (Å²) in [6.45, 7) is 1.65. The van der Waals surface area contributed by atoms with E-state index in [9.17, 15) is 21.6 Å². The molecule has 10 heteroatoms. The summed E-state index contributed by atoms with van der Waals surface area (Å²) in [4.78, 5) is 13.7. The highest BCUT2D eigenvalue weighted by Gasteiger charge is 2.26. The number of carbonyl (C=O) groups is 1. The van der Waals surface area contributed by atoms with E-state index >= 15 is 0 Å². The predicted molar refractivity (Wildman–Crippen MR) is 118 cm³/mol. The van der Waals surface area contributed by atoms with E-state index in [0.29, 0.717) is 31.7 Å². The van der Waals surface area contributed by atoms with E-state index in [4.69, 9.17) is 0 Å². The molecule has 2 aliphatic rings. The van der Waals surface area contributed by atoms with E-state index < -0.39 is 20.0 Å². The lowest BCUT2D eigenvalue weighted by atomic mass is 10.2. The average Bonchev–Trinajstić information content (AvgIpc) is 3.20. The fourth-order valence-electron chi connectivity index (χ4n) is 3.89. The van der Waals surface area contributed by atoms with Crippen LogP contribution in [0, 0.1) is 0 Å². The van der Waals surface area contributed by atoms with Crippen LogP contribution < -0.4 is 9.62 Å². The van der Waals surface area contributed by atoms with Crippen molar-refractivity contribution in [2.45, 2.75) is 41.9 Å². The third-order valence-electron chi connectivity index (χ3n) is 5.59. The summed E-state index contributed by atoms with van der Waals surface area (Å²) in [5.74, 6) is 0.0355. The van der Waals surface area contributed by atoms with Crippen molar-refractivity contribution >= 4 is 37.3 Å². The number of nitrogens with one attached hydrogen (secondary N) is 1. The molecule has 0 radical (unpaired) electrons. The van der Waals surface area contributed by atoms with Crippen LogP contribution in [-0.4, -0.2) is 46.7 Å². The zero-order valence-electron chi connectivity index (χ0n) is 17.0. The Morgan fingerprint density at radius 3 is 1.90 bits per heavy atom. The van der Waals surface area contributed by atoms with Gasteiger partial charge < -0.3 is 4.90 Å². The molecule has 31 heavy (non-hydrogen) atoms. The quantitative estimate of drug-likeness (QED) is 0.709. The van der Waals surface area contributed by atoms with Crippen LogP contribution in [0.2, 0.25) is 0 Å². The minimum absolute atomic E-state index is 0.0355. The van der Waals surface area contributed by atoms with Crippen LogP contribution in [0.1, 0.15) is 32.1 Å². The SMILES string of the molecule is O=C1CCCN1c1ccc(S(=O)(=O)Nc2ccc(S(=O)(=O)N3CCCCC3)cc2)cc1. The number of piperidine rings is 1. The lowest BCUT2D eigenvalue weighted by Gasteiger charge is -2.25. The molecule has 2 saturated heterocycles. The van der Waals surface area contributed by atoms with E-state index in [2.05, 4.69) is 4.72 Å². The van der Waals surface area contributed by atoms with Gasteiger partial charge in [0.05, 0.1) is 9.79 Å². The fourth-order valence-corrected chi connectivity index (χ4v) is 6.47. The standard InChI is InChI=1S/C21H25N3O5S2/c25-21-5-4-16-24(21)18-8-12-19(13-9-18)30(26,27)22-17-6-10-20(11-7-17)31(28,29)23-14-2-1-3-15-23/h6-13,22H,1-5,14-16H2. The summed E-state index contributed by atoms with van der Waals surface area (Å²) in [6, 6.07) is 11.9. The first-order valence-electron chi connectivity index (χ1n) is 10.3. The molecule has 2 aliphatic heterocycles. The van der Waals surface area contributed by atoms with Gasteiger partial charge in [-0.3, -0.25) is 9.52 Å². The number of hydrogen-bond donors (Lipinski definition) is 1. The van der Waals surface area contributed by atoms with E-state index in [1.54, 1.807) is 17.0 Å². The Kier molecular flexibility index (Phi) is 6.05. The highest BCUT2D eigenvalue weighted by molar-refractivity contribution is 7.92. The summed E-state index contributed by atoms with van der Waals surface area (Å²) < 4.78 is 54.8. The van der Waals surface area contributed by atoms with Gasteiger partial charge in [0.25, 0.3) is 10.0 Å². The number of benzene rings is 2. The van der Waals surface area contributed by atoms with Crippen LogP contribution in [-0.2, 0) is 24.8 Å². The number of amides is 1. The highest BCUT2D eigenvalue weighted by Crippen LogP contribution is 2.25. The molecule has 0 bridgehead atoms. The van der Waals surface area contributed by atoms with Crippen molar-refractivity contribution in [3.8, 4) is 0 Å². The van der Waals surface area contributed by atoms with Gasteiger partial charge in [-0.1, -0.05) is 6.42 Å². The van der Waals surface area contributed by atoms with Gasteiger partial charge in [-0.15, -0.1) is 0 Å². The highest BCUT2D eigenvalue weighted by atomic mass is 32.2. The summed E-state index contributed by atoms with van der Waals surface area (Å²) in [7, 11) is -7.42. The smallest absolute Gasteiger partial charge is 0.261 e. The Labute approximate surface area is 183 Å². The number of nitrogens with zero attached hydrogens (tertiary/aromatic N) is 2. The molecule has 2 heterocycles. The molecule has 2 fully saturated rings. The number of rotatable bonds is 6. The molecular weight excluding hydrogens is 438 g/mol. The molecule has 0 aromatic heterocycles. The lowest BCUT2D eigenvalue weighted by molar-refractivity contribution is -0.117. The van der Waals surface area contributed by atoms with Gasteiger partial charge in [0.15, 0.2) is 0 Å². The van der Waals surface area contributed by atoms with Crippen molar-refractivity contribution in [2.24, 2.45) is 0 Å². The van der Waals surface area contributed by atoms with Crippen LogP contribution in [0.5, 0.6) is 0 Å². The summed E-state index contributed by atoms with van der Waals surface area (Å²) in [5, 5.41) is 0. The van der Waals surface area contributed by atoms with Crippen molar-refractivity contribution in [2.75, 3.05) is 29.3 Å². The van der Waals surface area contributed by atoms with Crippen LogP contribution in [0.4, 0.5) is 11.4 Å². The van der Waals surface area contributed by atoms with Gasteiger partial charge >= 0.3 is 0 Å². The minimum Gasteiger partial charge on any atom is -0.312 e. The topological polar surface area (TPSA) is 104 Å². The lowest BCUT2D eigenvalue weighted by Crippen LogP contribution is -2.35. The molecule has 4 rings (SSSR count). The number of hydrogen-bond acceptors (Lipinski definition) is 5. The molecule has 166 valence electrons.